The number of fused-ring (bicyclic) bond motifs is 2. The smallest absolute Gasteiger partial charge is 0.347 e. The summed E-state index contributed by atoms with van der Waals surface area (Å²) < 4.78 is 10.9. The van der Waals surface area contributed by atoms with Crippen molar-refractivity contribution in [2.24, 2.45) is 5.92 Å². The Morgan fingerprint density at radius 2 is 2.30 bits per heavy atom. The van der Waals surface area contributed by atoms with Crippen LogP contribution in [0.25, 0.3) is 6.08 Å². The molecule has 3 rings (SSSR count). The van der Waals surface area contributed by atoms with Crippen LogP contribution in [0.4, 0.5) is 0 Å². The molecular formula is C15H16O5. The van der Waals surface area contributed by atoms with E-state index in [9.17, 15) is 9.59 Å². The Kier molecular flexibility index (Phi) is 3.12. The van der Waals surface area contributed by atoms with Gasteiger partial charge in [-0.25, -0.2) is 4.79 Å². The normalized spacial score (nSPS) is 24.1. The van der Waals surface area contributed by atoms with Crippen molar-refractivity contribution in [1.82, 2.24) is 0 Å². The molecular weight excluding hydrogens is 260 g/mol. The molecule has 0 amide bonds. The summed E-state index contributed by atoms with van der Waals surface area (Å²) in [6.07, 6.45) is 4.51. The first-order valence-electron chi connectivity index (χ1n) is 6.79. The van der Waals surface area contributed by atoms with Crippen molar-refractivity contribution in [3.05, 3.63) is 33.4 Å². The number of carboxylic acid groups (broad SMARTS) is 1. The predicted octanol–water partition coefficient (Wildman–Crippen LogP) is 2.23. The summed E-state index contributed by atoms with van der Waals surface area (Å²) in [6, 6.07) is 1.53. The fourth-order valence-corrected chi connectivity index (χ4v) is 2.83. The highest BCUT2D eigenvalue weighted by atomic mass is 16.5. The zero-order chi connectivity index (χ0) is 14.3. The monoisotopic (exact) mass is 276 g/mol. The van der Waals surface area contributed by atoms with Gasteiger partial charge >= 0.3 is 11.6 Å². The lowest BCUT2D eigenvalue weighted by molar-refractivity contribution is -0.136. The van der Waals surface area contributed by atoms with Gasteiger partial charge in [0.2, 0.25) is 0 Å². The van der Waals surface area contributed by atoms with Crippen molar-refractivity contribution >= 4 is 12.0 Å². The third-order valence-corrected chi connectivity index (χ3v) is 3.88. The highest BCUT2D eigenvalue weighted by molar-refractivity contribution is 5.70. The van der Waals surface area contributed by atoms with Crippen molar-refractivity contribution in [3.8, 4) is 5.75 Å². The number of carbonyl (C=O) groups is 1. The van der Waals surface area contributed by atoms with Crippen molar-refractivity contribution in [2.75, 3.05) is 0 Å². The zero-order valence-corrected chi connectivity index (χ0v) is 11.2. The summed E-state index contributed by atoms with van der Waals surface area (Å²) in [6.45, 7) is 2.19. The third kappa shape index (κ3) is 2.35. The van der Waals surface area contributed by atoms with Crippen LogP contribution in [0.15, 0.2) is 20.9 Å². The molecule has 0 unspecified atom stereocenters. The van der Waals surface area contributed by atoms with Crippen LogP contribution in [0.5, 0.6) is 5.75 Å². The molecule has 1 aromatic rings. The van der Waals surface area contributed by atoms with E-state index in [2.05, 4.69) is 6.92 Å². The van der Waals surface area contributed by atoms with E-state index in [0.29, 0.717) is 17.2 Å². The Morgan fingerprint density at radius 1 is 1.50 bits per heavy atom. The lowest BCUT2D eigenvalue weighted by Gasteiger charge is -2.33. The average Bonchev–Trinajstić information content (AvgIpc) is 2.36. The summed E-state index contributed by atoms with van der Waals surface area (Å²) in [4.78, 5) is 22.6. The van der Waals surface area contributed by atoms with Gasteiger partial charge in [-0.05, 0) is 36.8 Å². The molecule has 2 atom stereocenters. The van der Waals surface area contributed by atoms with E-state index < -0.39 is 11.6 Å². The number of hydrogen-bond donors (Lipinski definition) is 1. The molecule has 20 heavy (non-hydrogen) atoms. The van der Waals surface area contributed by atoms with Gasteiger partial charge in [0.05, 0.1) is 0 Å². The molecule has 0 bridgehead atoms. The maximum atomic E-state index is 11.9. The maximum absolute atomic E-state index is 11.9. The Hall–Kier alpha value is -2.04. The molecule has 5 heteroatoms. The summed E-state index contributed by atoms with van der Waals surface area (Å²) in [5, 5.41) is 8.77. The third-order valence-electron chi connectivity index (χ3n) is 3.88. The first-order valence-corrected chi connectivity index (χ1v) is 6.79. The Bertz CT molecular complexity index is 640. The Labute approximate surface area is 115 Å². The summed E-state index contributed by atoms with van der Waals surface area (Å²) in [5.74, 6) is 0.131. The van der Waals surface area contributed by atoms with E-state index in [-0.39, 0.29) is 18.3 Å². The summed E-state index contributed by atoms with van der Waals surface area (Å²) in [5.41, 5.74) is 1.01. The van der Waals surface area contributed by atoms with Crippen LogP contribution in [0, 0.1) is 5.92 Å². The molecule has 1 aromatic heterocycles. The second-order valence-corrected chi connectivity index (χ2v) is 5.55. The van der Waals surface area contributed by atoms with E-state index in [1.165, 1.54) is 6.07 Å². The fraction of sp³-hybridized carbons (Fsp3) is 0.467. The van der Waals surface area contributed by atoms with Crippen LogP contribution in [0.3, 0.4) is 0 Å². The van der Waals surface area contributed by atoms with Gasteiger partial charge in [-0.15, -0.1) is 0 Å². The van der Waals surface area contributed by atoms with Crippen LogP contribution in [-0.4, -0.2) is 17.2 Å². The van der Waals surface area contributed by atoms with Crippen molar-refractivity contribution < 1.29 is 19.1 Å². The molecule has 1 fully saturated rings. The summed E-state index contributed by atoms with van der Waals surface area (Å²) >= 11 is 0. The van der Waals surface area contributed by atoms with Gasteiger partial charge in [0.25, 0.3) is 0 Å². The van der Waals surface area contributed by atoms with Gasteiger partial charge in [-0.2, -0.15) is 0 Å². The van der Waals surface area contributed by atoms with Crippen LogP contribution in [0.2, 0.25) is 0 Å². The van der Waals surface area contributed by atoms with E-state index in [4.69, 9.17) is 14.3 Å². The first-order chi connectivity index (χ1) is 9.52. The molecule has 1 aliphatic carbocycles. The van der Waals surface area contributed by atoms with Gasteiger partial charge in [0, 0.05) is 6.07 Å². The first kappa shape index (κ1) is 13.0. The quantitative estimate of drug-likeness (QED) is 0.896. The fourth-order valence-electron chi connectivity index (χ4n) is 2.83. The second kappa shape index (κ2) is 4.81. The molecule has 0 spiro atoms. The highest BCUT2D eigenvalue weighted by Gasteiger charge is 2.30. The number of rotatable bonds is 2. The zero-order valence-electron chi connectivity index (χ0n) is 11.2. The minimum Gasteiger partial charge on any atom is -0.485 e. The molecule has 1 saturated carbocycles. The Morgan fingerprint density at radius 3 is 3.05 bits per heavy atom. The average molecular weight is 276 g/mol. The van der Waals surface area contributed by atoms with Crippen molar-refractivity contribution in [1.29, 1.82) is 0 Å². The second-order valence-electron chi connectivity index (χ2n) is 5.55. The lowest BCUT2D eigenvalue weighted by Crippen LogP contribution is -2.30. The molecule has 2 aliphatic rings. The molecule has 1 aliphatic heterocycles. The number of carboxylic acids is 1. The van der Waals surface area contributed by atoms with Crippen molar-refractivity contribution in [3.63, 3.8) is 0 Å². The van der Waals surface area contributed by atoms with Gasteiger partial charge in [0.1, 0.15) is 29.6 Å². The number of aliphatic carboxylic acids is 1. The van der Waals surface area contributed by atoms with E-state index in [0.717, 1.165) is 24.8 Å². The minimum atomic E-state index is -1.04. The van der Waals surface area contributed by atoms with Gasteiger partial charge in [-0.3, -0.25) is 4.79 Å². The van der Waals surface area contributed by atoms with Gasteiger partial charge in [-0.1, -0.05) is 6.92 Å². The maximum Gasteiger partial charge on any atom is 0.347 e. The predicted molar refractivity (Wildman–Crippen MR) is 71.7 cm³/mol. The lowest BCUT2D eigenvalue weighted by atomic mass is 9.83. The molecule has 0 aromatic carbocycles. The van der Waals surface area contributed by atoms with E-state index >= 15 is 0 Å². The largest absolute Gasteiger partial charge is 0.485 e. The molecule has 106 valence electrons. The number of hydrogen-bond acceptors (Lipinski definition) is 4. The van der Waals surface area contributed by atoms with Crippen LogP contribution >= 0.6 is 0 Å². The molecule has 0 saturated heterocycles. The highest BCUT2D eigenvalue weighted by Crippen LogP contribution is 2.37. The van der Waals surface area contributed by atoms with Gasteiger partial charge in [0.15, 0.2) is 0 Å². The molecule has 1 N–H and O–H groups in total. The number of ether oxygens (including phenoxy) is 1. The molecule has 5 nitrogen and oxygen atoms in total. The van der Waals surface area contributed by atoms with Gasteiger partial charge < -0.3 is 14.3 Å². The van der Waals surface area contributed by atoms with Crippen molar-refractivity contribution in [2.45, 2.75) is 38.7 Å². The van der Waals surface area contributed by atoms with Crippen LogP contribution in [-0.2, 0) is 11.2 Å². The SMILES string of the molecule is C[C@H]1CCC2=Cc3c(cc(CC(=O)O)oc3=O)O[C@H]2C1. The van der Waals surface area contributed by atoms with Crippen LogP contribution < -0.4 is 10.4 Å². The Balaban J connectivity index is 1.99. The minimum absolute atomic E-state index is 0.00530. The topological polar surface area (TPSA) is 76.7 Å². The van der Waals surface area contributed by atoms with E-state index in [1.54, 1.807) is 0 Å². The molecule has 0 radical (unpaired) electrons. The molecule has 2 heterocycles. The van der Waals surface area contributed by atoms with E-state index in [1.807, 2.05) is 6.08 Å². The summed E-state index contributed by atoms with van der Waals surface area (Å²) in [7, 11) is 0. The van der Waals surface area contributed by atoms with Crippen LogP contribution in [0.1, 0.15) is 37.5 Å². The standard InChI is InChI=1S/C15H16O5/c1-8-2-3-9-5-11-13(20-12(9)4-8)6-10(7-14(16)17)19-15(11)18/h5-6,8,12H,2-4,7H2,1H3,(H,16,17)/t8-,12-/m0/s1.